The minimum atomic E-state index is -2.60. The van der Waals surface area contributed by atoms with Crippen molar-refractivity contribution in [2.45, 2.75) is 89.4 Å². The van der Waals surface area contributed by atoms with E-state index in [4.69, 9.17) is 9.31 Å². The number of likely N-dealkylation sites (tertiary alicyclic amines) is 1. The van der Waals surface area contributed by atoms with E-state index < -0.39 is 24.2 Å². The first kappa shape index (κ1) is 21.7. The van der Waals surface area contributed by atoms with Crippen LogP contribution in [0.3, 0.4) is 0 Å². The molecule has 2 aliphatic heterocycles. The first-order valence-electron chi connectivity index (χ1n) is 11.0. The van der Waals surface area contributed by atoms with Crippen molar-refractivity contribution in [1.82, 2.24) is 14.7 Å². The average Bonchev–Trinajstić information content (AvgIpc) is 3.24. The third-order valence-electron chi connectivity index (χ3n) is 7.36. The molecule has 1 amide bonds. The van der Waals surface area contributed by atoms with Gasteiger partial charge in [-0.15, -0.1) is 0 Å². The number of hydrogen-bond donors (Lipinski definition) is 0. The van der Waals surface area contributed by atoms with Gasteiger partial charge >= 0.3 is 7.12 Å². The molecule has 6 nitrogen and oxygen atoms in total. The predicted octanol–water partition coefficient (Wildman–Crippen LogP) is 3.17. The molecule has 0 aromatic carbocycles. The largest absolute Gasteiger partial charge is 0.498 e. The standard InChI is InChI=1S/C21H32BF2N3O3/c1-19(2)20(3,4)30-22(29-19)16-13-25-27(14-16)17-7-11-26(12-8-17)18(28)15-5-9-21(23,24)10-6-15/h13-15,17H,5-12H2,1-4H3. The minimum Gasteiger partial charge on any atom is -0.399 e. The molecule has 3 fully saturated rings. The summed E-state index contributed by atoms with van der Waals surface area (Å²) in [4.78, 5) is 14.6. The van der Waals surface area contributed by atoms with Gasteiger partial charge in [0.2, 0.25) is 11.8 Å². The smallest absolute Gasteiger partial charge is 0.399 e. The Bertz CT molecular complexity index is 764. The van der Waals surface area contributed by atoms with Crippen molar-refractivity contribution < 1.29 is 22.9 Å². The fourth-order valence-corrected chi connectivity index (χ4v) is 4.55. The fraction of sp³-hybridized carbons (Fsp3) is 0.810. The monoisotopic (exact) mass is 423 g/mol. The second-order valence-electron chi connectivity index (χ2n) is 10.0. The first-order chi connectivity index (χ1) is 14.0. The van der Waals surface area contributed by atoms with Gasteiger partial charge in [-0.3, -0.25) is 9.48 Å². The number of nitrogens with zero attached hydrogens (tertiary/aromatic N) is 3. The Hall–Kier alpha value is -1.48. The molecular formula is C21H32BF2N3O3. The van der Waals surface area contributed by atoms with E-state index in [-0.39, 0.29) is 30.7 Å². The SMILES string of the molecule is CC1(C)OB(c2cnn(C3CCN(C(=O)C4CCC(F)(F)CC4)CC3)c2)OC1(C)C. The molecule has 1 aromatic heterocycles. The Labute approximate surface area is 177 Å². The number of piperidine rings is 1. The molecule has 2 saturated heterocycles. The van der Waals surface area contributed by atoms with Gasteiger partial charge in [-0.25, -0.2) is 8.78 Å². The van der Waals surface area contributed by atoms with Crippen molar-refractivity contribution in [2.24, 2.45) is 5.92 Å². The second-order valence-corrected chi connectivity index (χ2v) is 10.0. The Morgan fingerprint density at radius 2 is 1.63 bits per heavy atom. The summed E-state index contributed by atoms with van der Waals surface area (Å²) in [5.74, 6) is -2.80. The molecule has 166 valence electrons. The molecule has 9 heteroatoms. The van der Waals surface area contributed by atoms with Crippen molar-refractivity contribution in [1.29, 1.82) is 0 Å². The fourth-order valence-electron chi connectivity index (χ4n) is 4.55. The van der Waals surface area contributed by atoms with Gasteiger partial charge in [-0.1, -0.05) is 0 Å². The lowest BCUT2D eigenvalue weighted by molar-refractivity contribution is -0.141. The highest BCUT2D eigenvalue weighted by Crippen LogP contribution is 2.38. The van der Waals surface area contributed by atoms with Crippen molar-refractivity contribution in [3.63, 3.8) is 0 Å². The molecule has 0 N–H and O–H groups in total. The molecule has 0 atom stereocenters. The molecule has 4 rings (SSSR count). The van der Waals surface area contributed by atoms with Crippen molar-refractivity contribution in [2.75, 3.05) is 13.1 Å². The van der Waals surface area contributed by atoms with Crippen LogP contribution in [0.2, 0.25) is 0 Å². The van der Waals surface area contributed by atoms with Crippen LogP contribution < -0.4 is 5.46 Å². The van der Waals surface area contributed by atoms with Gasteiger partial charge in [-0.2, -0.15) is 5.10 Å². The maximum Gasteiger partial charge on any atom is 0.498 e. The van der Waals surface area contributed by atoms with Crippen LogP contribution in [0.15, 0.2) is 12.4 Å². The van der Waals surface area contributed by atoms with Gasteiger partial charge in [0.15, 0.2) is 0 Å². The second kappa shape index (κ2) is 7.59. The number of rotatable bonds is 3. The van der Waals surface area contributed by atoms with E-state index in [2.05, 4.69) is 5.10 Å². The number of carbonyl (C=O) groups excluding carboxylic acids is 1. The lowest BCUT2D eigenvalue weighted by Gasteiger charge is -2.36. The Morgan fingerprint density at radius 3 is 2.20 bits per heavy atom. The van der Waals surface area contributed by atoms with Crippen molar-refractivity contribution in [3.8, 4) is 0 Å². The molecule has 0 unspecified atom stereocenters. The van der Waals surface area contributed by atoms with Crippen LogP contribution in [0.1, 0.15) is 72.3 Å². The number of aromatic nitrogens is 2. The average molecular weight is 423 g/mol. The van der Waals surface area contributed by atoms with E-state index in [1.165, 1.54) is 0 Å². The van der Waals surface area contributed by atoms with Gasteiger partial charge in [0, 0.05) is 49.7 Å². The summed E-state index contributed by atoms with van der Waals surface area (Å²) in [6, 6.07) is 0.209. The van der Waals surface area contributed by atoms with E-state index >= 15 is 0 Å². The molecule has 30 heavy (non-hydrogen) atoms. The summed E-state index contributed by atoms with van der Waals surface area (Å²) >= 11 is 0. The Morgan fingerprint density at radius 1 is 1.07 bits per heavy atom. The maximum absolute atomic E-state index is 13.4. The highest BCUT2D eigenvalue weighted by Gasteiger charge is 2.52. The van der Waals surface area contributed by atoms with Crippen LogP contribution in [0.4, 0.5) is 8.78 Å². The topological polar surface area (TPSA) is 56.6 Å². The number of amides is 1. The minimum absolute atomic E-state index is 0.0438. The third kappa shape index (κ3) is 4.15. The lowest BCUT2D eigenvalue weighted by Crippen LogP contribution is -2.44. The third-order valence-corrected chi connectivity index (χ3v) is 7.36. The molecule has 3 heterocycles. The summed E-state index contributed by atoms with van der Waals surface area (Å²) in [5, 5.41) is 4.53. The van der Waals surface area contributed by atoms with Crippen LogP contribution in [-0.2, 0) is 14.1 Å². The molecule has 1 aromatic rings. The number of halogens is 2. The lowest BCUT2D eigenvalue weighted by atomic mass is 9.82. The molecule has 1 aliphatic carbocycles. The zero-order valence-corrected chi connectivity index (χ0v) is 18.4. The summed E-state index contributed by atoms with van der Waals surface area (Å²) in [6.07, 6.45) is 5.63. The highest BCUT2D eigenvalue weighted by atomic mass is 19.3. The van der Waals surface area contributed by atoms with Crippen LogP contribution in [0.25, 0.3) is 0 Å². The van der Waals surface area contributed by atoms with Crippen LogP contribution >= 0.6 is 0 Å². The molecule has 0 radical (unpaired) electrons. The van der Waals surface area contributed by atoms with Crippen LogP contribution in [0, 0.1) is 5.92 Å². The molecule has 0 spiro atoms. The van der Waals surface area contributed by atoms with Crippen LogP contribution in [0.5, 0.6) is 0 Å². The summed E-state index contributed by atoms with van der Waals surface area (Å²) in [6.45, 7) is 9.38. The highest BCUT2D eigenvalue weighted by molar-refractivity contribution is 6.62. The molecular weight excluding hydrogens is 391 g/mol. The summed E-state index contributed by atoms with van der Waals surface area (Å²) in [5.41, 5.74) is 0.110. The first-order valence-corrected chi connectivity index (χ1v) is 11.0. The van der Waals surface area contributed by atoms with E-state index in [0.29, 0.717) is 25.9 Å². The number of alkyl halides is 2. The van der Waals surface area contributed by atoms with Gasteiger partial charge < -0.3 is 14.2 Å². The van der Waals surface area contributed by atoms with Crippen molar-refractivity contribution in [3.05, 3.63) is 12.4 Å². The molecule has 0 bridgehead atoms. The molecule has 3 aliphatic rings. The zero-order valence-electron chi connectivity index (χ0n) is 18.4. The van der Waals surface area contributed by atoms with Gasteiger partial charge in [-0.05, 0) is 53.4 Å². The Balaban J connectivity index is 1.32. The maximum atomic E-state index is 13.4. The van der Waals surface area contributed by atoms with E-state index in [9.17, 15) is 13.6 Å². The number of carbonyl (C=O) groups is 1. The summed E-state index contributed by atoms with van der Waals surface area (Å²) < 4.78 is 40.9. The number of hydrogen-bond acceptors (Lipinski definition) is 4. The predicted molar refractivity (Wildman–Crippen MR) is 110 cm³/mol. The van der Waals surface area contributed by atoms with Gasteiger partial charge in [0.25, 0.3) is 0 Å². The van der Waals surface area contributed by atoms with E-state index in [1.54, 1.807) is 6.20 Å². The van der Waals surface area contributed by atoms with E-state index in [1.807, 2.05) is 43.5 Å². The van der Waals surface area contributed by atoms with Gasteiger partial charge in [0.05, 0.1) is 17.2 Å². The van der Waals surface area contributed by atoms with Crippen LogP contribution in [-0.4, -0.2) is 57.9 Å². The normalized spacial score (nSPS) is 26.9. The molecule has 1 saturated carbocycles. The summed E-state index contributed by atoms with van der Waals surface area (Å²) in [7, 11) is -0.435. The van der Waals surface area contributed by atoms with Gasteiger partial charge in [0.1, 0.15) is 0 Å². The van der Waals surface area contributed by atoms with Crippen molar-refractivity contribution >= 4 is 18.5 Å². The zero-order chi connectivity index (χ0) is 21.7. The Kier molecular flexibility index (Phi) is 5.50. The van der Waals surface area contributed by atoms with E-state index in [0.717, 1.165) is 18.3 Å². The quantitative estimate of drug-likeness (QED) is 0.701.